The van der Waals surface area contributed by atoms with Crippen molar-refractivity contribution in [1.82, 2.24) is 14.8 Å². The van der Waals surface area contributed by atoms with E-state index >= 15 is 0 Å². The van der Waals surface area contributed by atoms with Crippen LogP contribution in [0.4, 0.5) is 26.3 Å². The third-order valence-electron chi connectivity index (χ3n) is 4.57. The van der Waals surface area contributed by atoms with Gasteiger partial charge in [-0.3, -0.25) is 9.78 Å². The van der Waals surface area contributed by atoms with Gasteiger partial charge in [-0.15, -0.1) is 0 Å². The van der Waals surface area contributed by atoms with Crippen LogP contribution in [0.2, 0.25) is 5.02 Å². The van der Waals surface area contributed by atoms with Gasteiger partial charge in [0.15, 0.2) is 17.8 Å². The first-order valence-corrected chi connectivity index (χ1v) is 9.19. The van der Waals surface area contributed by atoms with E-state index in [2.05, 4.69) is 15.1 Å². The summed E-state index contributed by atoms with van der Waals surface area (Å²) in [4.78, 5) is 20.4. The number of hydrogen-bond donors (Lipinski definition) is 0. The van der Waals surface area contributed by atoms with Gasteiger partial charge in [-0.2, -0.15) is 27.1 Å². The fourth-order valence-electron chi connectivity index (χ4n) is 3.23. The predicted octanol–water partition coefficient (Wildman–Crippen LogP) is 4.88. The fourth-order valence-corrected chi connectivity index (χ4v) is 3.47. The Morgan fingerprint density at radius 2 is 2.06 bits per heavy atom. The van der Waals surface area contributed by atoms with Gasteiger partial charge in [0, 0.05) is 19.0 Å². The normalized spacial score (nSPS) is 21.7. The molecule has 0 bridgehead atoms. The number of hydrogen-bond acceptors (Lipinski definition) is 5. The Morgan fingerprint density at radius 3 is 2.65 bits per heavy atom. The number of pyridine rings is 1. The quantitative estimate of drug-likeness (QED) is 0.463. The van der Waals surface area contributed by atoms with Crippen LogP contribution in [0.5, 0.6) is 0 Å². The smallest absolute Gasteiger partial charge is 0.425 e. The van der Waals surface area contributed by atoms with E-state index in [0.717, 1.165) is 18.3 Å². The number of Topliss-reactive ketones (excluding diaryl/α,β-unsaturated/α-hetero) is 1. The van der Waals surface area contributed by atoms with E-state index in [1.165, 1.54) is 13.8 Å². The van der Waals surface area contributed by atoms with E-state index in [4.69, 9.17) is 16.3 Å². The predicted molar refractivity (Wildman–Crippen MR) is 96.7 cm³/mol. The van der Waals surface area contributed by atoms with E-state index in [9.17, 15) is 31.1 Å². The monoisotopic (exact) mass is 468 g/mol. The van der Waals surface area contributed by atoms with Gasteiger partial charge in [0.1, 0.15) is 22.7 Å². The number of ketones is 1. The number of carbonyl (C=O) groups excluding carboxylic acids is 1. The summed E-state index contributed by atoms with van der Waals surface area (Å²) in [5, 5.41) is 3.11. The first kappa shape index (κ1) is 23.0. The van der Waals surface area contributed by atoms with Gasteiger partial charge in [-0.1, -0.05) is 11.6 Å². The van der Waals surface area contributed by atoms with E-state index in [-0.39, 0.29) is 21.3 Å². The van der Waals surface area contributed by atoms with Gasteiger partial charge in [0.2, 0.25) is 0 Å². The third-order valence-corrected chi connectivity index (χ3v) is 4.85. The molecule has 2 atom stereocenters. The molecule has 3 rings (SSSR count). The summed E-state index contributed by atoms with van der Waals surface area (Å²) in [5.41, 5.74) is -2.56. The molecule has 13 heteroatoms. The molecule has 3 heterocycles. The molecule has 1 aliphatic rings. The Hall–Kier alpha value is -2.63. The third kappa shape index (κ3) is 4.83. The fraction of sp³-hybridized carbons (Fsp3) is 0.444. The molecule has 0 saturated carbocycles. The van der Waals surface area contributed by atoms with Crippen LogP contribution in [-0.4, -0.2) is 38.7 Å². The van der Waals surface area contributed by atoms with E-state index in [0.29, 0.717) is 0 Å². The number of halogens is 7. The van der Waals surface area contributed by atoms with Crippen molar-refractivity contribution < 1.29 is 35.9 Å². The summed E-state index contributed by atoms with van der Waals surface area (Å²) in [7, 11) is 0. The Balaban J connectivity index is 1.92. The summed E-state index contributed by atoms with van der Waals surface area (Å²) in [6.07, 6.45) is -7.35. The second-order valence-electron chi connectivity index (χ2n) is 7.07. The maximum absolute atomic E-state index is 14.5. The number of aliphatic imine (C=N–C) groups is 1. The van der Waals surface area contributed by atoms with E-state index in [1.54, 1.807) is 0 Å². The maximum Gasteiger partial charge on any atom is 0.425 e. The number of carbonyl (C=O) groups is 1. The molecular weight excluding hydrogens is 454 g/mol. The zero-order valence-electron chi connectivity index (χ0n) is 16.1. The lowest BCUT2D eigenvalue weighted by Gasteiger charge is -2.35. The van der Waals surface area contributed by atoms with Crippen LogP contribution in [-0.2, 0) is 16.7 Å². The molecule has 2 aromatic rings. The molecule has 0 radical (unpaired) electrons. The Morgan fingerprint density at radius 1 is 1.39 bits per heavy atom. The van der Waals surface area contributed by atoms with Gasteiger partial charge in [-0.25, -0.2) is 14.1 Å². The molecule has 0 fully saturated rings. The van der Waals surface area contributed by atoms with Gasteiger partial charge >= 0.3 is 12.7 Å². The van der Waals surface area contributed by atoms with Crippen molar-refractivity contribution in [3.05, 3.63) is 46.3 Å². The molecular formula is C18H15ClF6N4O2. The lowest BCUT2D eigenvalue weighted by atomic mass is 9.88. The first-order chi connectivity index (χ1) is 14.3. The van der Waals surface area contributed by atoms with Gasteiger partial charge in [0.05, 0.1) is 17.6 Å². The molecule has 0 N–H and O–H groups in total. The highest BCUT2D eigenvalue weighted by atomic mass is 35.5. The molecule has 0 aliphatic carbocycles. The van der Waals surface area contributed by atoms with Crippen LogP contribution in [0.3, 0.4) is 0 Å². The number of nitrogens with zero attached hydrogens (tertiary/aromatic N) is 4. The zero-order chi connectivity index (χ0) is 23.1. The minimum atomic E-state index is -4.71. The number of rotatable bonds is 5. The highest BCUT2D eigenvalue weighted by Crippen LogP contribution is 2.40. The second kappa shape index (κ2) is 8.13. The lowest BCUT2D eigenvalue weighted by molar-refractivity contribution is -0.208. The van der Waals surface area contributed by atoms with E-state index in [1.807, 2.05) is 0 Å². The molecule has 168 valence electrons. The van der Waals surface area contributed by atoms with Crippen molar-refractivity contribution in [1.29, 1.82) is 0 Å². The summed E-state index contributed by atoms with van der Waals surface area (Å²) in [6.45, 7) is -0.524. The average molecular weight is 469 g/mol. The minimum absolute atomic E-state index is 0.0202. The molecule has 0 spiro atoms. The Bertz CT molecular complexity index is 1040. The van der Waals surface area contributed by atoms with Crippen molar-refractivity contribution in [2.45, 2.75) is 51.1 Å². The average Bonchev–Trinajstić information content (AvgIpc) is 3.04. The number of alkyl halides is 5. The summed E-state index contributed by atoms with van der Waals surface area (Å²) in [5.74, 6) is -1.99. The Kier molecular flexibility index (Phi) is 6.05. The molecule has 0 unspecified atom stereocenters. The highest BCUT2D eigenvalue weighted by molar-refractivity contribution is 6.33. The van der Waals surface area contributed by atoms with Crippen LogP contribution >= 0.6 is 11.6 Å². The molecule has 31 heavy (non-hydrogen) atoms. The largest absolute Gasteiger partial charge is 0.468 e. The van der Waals surface area contributed by atoms with E-state index < -0.39 is 60.2 Å². The van der Waals surface area contributed by atoms with Gasteiger partial charge < -0.3 is 4.74 Å². The molecule has 2 aromatic heterocycles. The van der Waals surface area contributed by atoms with Crippen LogP contribution in [0.1, 0.15) is 48.7 Å². The van der Waals surface area contributed by atoms with Gasteiger partial charge in [0.25, 0.3) is 0 Å². The van der Waals surface area contributed by atoms with Crippen molar-refractivity contribution in [3.63, 3.8) is 0 Å². The minimum Gasteiger partial charge on any atom is -0.468 e. The first-order valence-electron chi connectivity index (χ1n) is 8.82. The molecule has 1 aliphatic heterocycles. The summed E-state index contributed by atoms with van der Waals surface area (Å²) in [6, 6.07) is 2.09. The second-order valence-corrected chi connectivity index (χ2v) is 7.48. The van der Waals surface area contributed by atoms with Gasteiger partial charge in [-0.05, 0) is 19.1 Å². The number of ether oxygens (including phenoxy) is 1. The van der Waals surface area contributed by atoms with Crippen LogP contribution < -0.4 is 0 Å². The Labute approximate surface area is 176 Å². The maximum atomic E-state index is 14.5. The van der Waals surface area contributed by atoms with Crippen LogP contribution in [0.15, 0.2) is 23.3 Å². The summed E-state index contributed by atoms with van der Waals surface area (Å²) < 4.78 is 84.5. The molecule has 0 amide bonds. The molecule has 0 saturated heterocycles. The highest BCUT2D eigenvalue weighted by Gasteiger charge is 2.50. The topological polar surface area (TPSA) is 69.4 Å². The van der Waals surface area contributed by atoms with Crippen LogP contribution in [0.25, 0.3) is 0 Å². The lowest BCUT2D eigenvalue weighted by Crippen LogP contribution is -2.43. The van der Waals surface area contributed by atoms with Crippen molar-refractivity contribution in [2.75, 3.05) is 0 Å². The zero-order valence-corrected chi connectivity index (χ0v) is 16.8. The standard InChI is InChI=1S/C18H15ClF6N4O2/c1-8-27-17(2,6-13(31-8)18(23,24)25)15-11(20)4-3-9(26-15)5-12(30)14-10(19)7-29(28-14)16(21)22/h3-4,7,13,16H,5-6H2,1-2H3/t13-,17-/m0/s1. The number of aromatic nitrogens is 3. The molecule has 0 aromatic carbocycles. The summed E-state index contributed by atoms with van der Waals surface area (Å²) >= 11 is 5.77. The molecule has 6 nitrogen and oxygen atoms in total. The van der Waals surface area contributed by atoms with Crippen molar-refractivity contribution in [3.8, 4) is 0 Å². The SMILES string of the molecule is CC1=N[C@](C)(c2nc(CC(=O)c3nn(C(F)F)cc3Cl)ccc2F)C[C@@H](C(F)(F)F)O1. The van der Waals surface area contributed by atoms with Crippen molar-refractivity contribution in [2.24, 2.45) is 4.99 Å². The van der Waals surface area contributed by atoms with Crippen LogP contribution in [0, 0.1) is 5.82 Å². The van der Waals surface area contributed by atoms with Crippen molar-refractivity contribution >= 4 is 23.3 Å².